The molecular formula is C30H33Cl3N6O5. The van der Waals surface area contributed by atoms with Crippen molar-refractivity contribution in [2.45, 2.75) is 31.8 Å². The number of benzene rings is 1. The Morgan fingerprint density at radius 2 is 1.75 bits per heavy atom. The van der Waals surface area contributed by atoms with Crippen LogP contribution in [0.3, 0.4) is 0 Å². The van der Waals surface area contributed by atoms with E-state index in [9.17, 15) is 9.59 Å². The van der Waals surface area contributed by atoms with E-state index in [1.807, 2.05) is 34.1 Å². The number of ether oxygens (including phenoxy) is 2. The number of piperidine rings is 1. The van der Waals surface area contributed by atoms with Crippen molar-refractivity contribution in [2.24, 2.45) is 5.92 Å². The first-order valence-electron chi connectivity index (χ1n) is 14.3. The number of piperazine rings is 1. The molecule has 1 N–H and O–H groups in total. The van der Waals surface area contributed by atoms with Crippen LogP contribution in [-0.2, 0) is 20.9 Å². The van der Waals surface area contributed by atoms with Gasteiger partial charge in [0, 0.05) is 54.3 Å². The summed E-state index contributed by atoms with van der Waals surface area (Å²) in [6.07, 6.45) is 5.15. The van der Waals surface area contributed by atoms with E-state index in [2.05, 4.69) is 14.9 Å². The van der Waals surface area contributed by atoms with Crippen molar-refractivity contribution in [3.05, 3.63) is 58.3 Å². The van der Waals surface area contributed by atoms with Crippen molar-refractivity contribution in [2.75, 3.05) is 50.8 Å². The van der Waals surface area contributed by atoms with Crippen LogP contribution < -0.4 is 9.64 Å². The number of aliphatic carboxylic acids is 1. The van der Waals surface area contributed by atoms with Gasteiger partial charge in [-0.25, -0.2) is 15.0 Å². The Morgan fingerprint density at radius 3 is 2.45 bits per heavy atom. The smallest absolute Gasteiger partial charge is 0.303 e. The number of anilines is 1. The average molecular weight is 664 g/mol. The van der Waals surface area contributed by atoms with Crippen LogP contribution in [0, 0.1) is 5.92 Å². The van der Waals surface area contributed by atoms with Crippen LogP contribution in [0.15, 0.2) is 42.7 Å². The molecule has 14 heteroatoms. The Morgan fingerprint density at radius 1 is 1.02 bits per heavy atom. The number of amides is 1. The minimum Gasteiger partial charge on any atom is -0.481 e. The molecule has 1 amide bonds. The number of hydrogen-bond donors (Lipinski definition) is 1. The fraction of sp³-hybridized carbons (Fsp3) is 0.433. The highest BCUT2D eigenvalue weighted by molar-refractivity contribution is 6.35. The van der Waals surface area contributed by atoms with E-state index in [4.69, 9.17) is 42.8 Å². The van der Waals surface area contributed by atoms with E-state index in [0.29, 0.717) is 66.1 Å². The van der Waals surface area contributed by atoms with Crippen LogP contribution in [0.1, 0.15) is 24.8 Å². The molecule has 3 fully saturated rings. The number of pyridine rings is 1. The monoisotopic (exact) mass is 662 g/mol. The summed E-state index contributed by atoms with van der Waals surface area (Å²) in [5.74, 6) is 0.873. The molecule has 44 heavy (non-hydrogen) atoms. The highest BCUT2D eigenvalue weighted by Crippen LogP contribution is 2.31. The van der Waals surface area contributed by atoms with Crippen molar-refractivity contribution in [1.82, 2.24) is 24.8 Å². The number of rotatable bonds is 8. The van der Waals surface area contributed by atoms with Crippen LogP contribution in [0.25, 0.3) is 11.3 Å². The second-order valence-electron chi connectivity index (χ2n) is 11.2. The highest BCUT2D eigenvalue weighted by atomic mass is 35.5. The molecule has 0 spiro atoms. The van der Waals surface area contributed by atoms with E-state index in [1.54, 1.807) is 18.5 Å². The van der Waals surface area contributed by atoms with Gasteiger partial charge < -0.3 is 24.4 Å². The quantitative estimate of drug-likeness (QED) is 0.360. The first kappa shape index (κ1) is 32.2. The number of halogens is 3. The maximum atomic E-state index is 12.1. The van der Waals surface area contributed by atoms with Crippen molar-refractivity contribution < 1.29 is 24.2 Å². The maximum absolute atomic E-state index is 12.1. The highest BCUT2D eigenvalue weighted by Gasteiger charge is 2.34. The Kier molecular flexibility index (Phi) is 10.4. The van der Waals surface area contributed by atoms with E-state index in [0.717, 1.165) is 37.1 Å². The Labute approximate surface area is 271 Å². The fourth-order valence-electron chi connectivity index (χ4n) is 5.93. The molecule has 3 saturated heterocycles. The van der Waals surface area contributed by atoms with Crippen molar-refractivity contribution in [1.29, 1.82) is 0 Å². The van der Waals surface area contributed by atoms with Gasteiger partial charge in [-0.3, -0.25) is 14.5 Å². The van der Waals surface area contributed by atoms with Gasteiger partial charge in [-0.2, -0.15) is 0 Å². The van der Waals surface area contributed by atoms with Gasteiger partial charge >= 0.3 is 5.97 Å². The van der Waals surface area contributed by atoms with Gasteiger partial charge in [-0.15, -0.1) is 12.4 Å². The first-order valence-corrected chi connectivity index (χ1v) is 15.1. The van der Waals surface area contributed by atoms with Gasteiger partial charge in [0.1, 0.15) is 6.61 Å². The number of aromatic nitrogens is 3. The standard InChI is InChI=1S/C30H32Cl2N6O5.ClH/c31-22-10-21(11-23(32)12-22)26-7-20(15-36-3-1-19(2-4-36)9-29(40)41)8-27(35-26)43-25-13-33-30(34-14-25)37-5-6-38-24(16-37)17-42-18-28(38)39;/h7-8,10-14,19,24H,1-6,9,15-18H2,(H,40,41);1H. The zero-order chi connectivity index (χ0) is 29.9. The predicted octanol–water partition coefficient (Wildman–Crippen LogP) is 4.79. The molecule has 2 aromatic heterocycles. The number of carboxylic acid groups (broad SMARTS) is 1. The number of carbonyl (C=O) groups excluding carboxylic acids is 1. The van der Waals surface area contributed by atoms with Crippen molar-refractivity contribution >= 4 is 53.4 Å². The summed E-state index contributed by atoms with van der Waals surface area (Å²) in [5, 5.41) is 10.2. The molecule has 1 aromatic carbocycles. The summed E-state index contributed by atoms with van der Waals surface area (Å²) < 4.78 is 11.6. The zero-order valence-electron chi connectivity index (χ0n) is 23.9. The molecule has 3 aromatic rings. The lowest BCUT2D eigenvalue weighted by atomic mass is 9.93. The second kappa shape index (κ2) is 14.3. The van der Waals surface area contributed by atoms with Gasteiger partial charge in [0.15, 0.2) is 5.75 Å². The van der Waals surface area contributed by atoms with Gasteiger partial charge in [0.2, 0.25) is 17.7 Å². The molecule has 0 bridgehead atoms. The molecule has 234 valence electrons. The van der Waals surface area contributed by atoms with Crippen LogP contribution in [0.5, 0.6) is 11.6 Å². The van der Waals surface area contributed by atoms with Gasteiger partial charge in [-0.05, 0) is 61.7 Å². The number of likely N-dealkylation sites (tertiary alicyclic amines) is 1. The molecular weight excluding hydrogens is 631 g/mol. The fourth-order valence-corrected chi connectivity index (χ4v) is 6.45. The molecule has 0 radical (unpaired) electrons. The van der Waals surface area contributed by atoms with Gasteiger partial charge in [0.05, 0.1) is 30.7 Å². The molecule has 6 rings (SSSR count). The third-order valence-electron chi connectivity index (χ3n) is 8.06. The molecule has 0 saturated carbocycles. The normalized spacial score (nSPS) is 19.3. The number of nitrogens with zero attached hydrogens (tertiary/aromatic N) is 6. The molecule has 5 heterocycles. The van der Waals surface area contributed by atoms with Crippen molar-refractivity contribution in [3.8, 4) is 22.9 Å². The van der Waals surface area contributed by atoms with Gasteiger partial charge in [-0.1, -0.05) is 23.2 Å². The topological polar surface area (TPSA) is 121 Å². The molecule has 0 aliphatic carbocycles. The predicted molar refractivity (Wildman–Crippen MR) is 168 cm³/mol. The van der Waals surface area contributed by atoms with Gasteiger partial charge in [0.25, 0.3) is 0 Å². The molecule has 11 nitrogen and oxygen atoms in total. The Balaban J connectivity index is 0.00000384. The number of carboxylic acids is 1. The lowest BCUT2D eigenvalue weighted by Crippen LogP contribution is -2.60. The summed E-state index contributed by atoms with van der Waals surface area (Å²) in [6, 6.07) is 9.17. The second-order valence-corrected chi connectivity index (χ2v) is 12.1. The molecule has 1 atom stereocenters. The maximum Gasteiger partial charge on any atom is 0.303 e. The Bertz CT molecular complexity index is 1470. The molecule has 1 unspecified atom stereocenters. The first-order chi connectivity index (χ1) is 20.8. The van der Waals surface area contributed by atoms with E-state index in [1.165, 1.54) is 0 Å². The number of carbonyl (C=O) groups is 2. The van der Waals surface area contributed by atoms with E-state index < -0.39 is 5.97 Å². The Hall–Kier alpha value is -3.22. The summed E-state index contributed by atoms with van der Waals surface area (Å²) in [7, 11) is 0. The minimum absolute atomic E-state index is 0. The van der Waals surface area contributed by atoms with E-state index in [-0.39, 0.29) is 43.3 Å². The lowest BCUT2D eigenvalue weighted by Gasteiger charge is -2.43. The van der Waals surface area contributed by atoms with Crippen LogP contribution in [0.4, 0.5) is 5.95 Å². The summed E-state index contributed by atoms with van der Waals surface area (Å²) in [6.45, 7) is 4.81. The van der Waals surface area contributed by atoms with E-state index >= 15 is 0 Å². The largest absolute Gasteiger partial charge is 0.481 e. The zero-order valence-corrected chi connectivity index (χ0v) is 26.2. The molecule has 3 aliphatic rings. The number of morpholine rings is 1. The summed E-state index contributed by atoms with van der Waals surface area (Å²) in [5.41, 5.74) is 2.42. The van der Waals surface area contributed by atoms with Crippen LogP contribution in [-0.4, -0.2) is 93.7 Å². The number of hydrogen-bond acceptors (Lipinski definition) is 9. The SMILES string of the molecule is Cl.O=C(O)CC1CCN(Cc2cc(Oc3cnc(N4CCN5C(=O)COCC5C4)nc3)nc(-c3cc(Cl)cc(Cl)c3)c2)CC1. The van der Waals surface area contributed by atoms with Crippen molar-refractivity contribution in [3.63, 3.8) is 0 Å². The number of fused-ring (bicyclic) bond motifs is 1. The molecule has 3 aliphatic heterocycles. The summed E-state index contributed by atoms with van der Waals surface area (Å²) in [4.78, 5) is 43.3. The van der Waals surface area contributed by atoms with Crippen LogP contribution in [0.2, 0.25) is 10.0 Å². The summed E-state index contributed by atoms with van der Waals surface area (Å²) >= 11 is 12.6. The third-order valence-corrected chi connectivity index (χ3v) is 8.49. The third kappa shape index (κ3) is 7.89. The minimum atomic E-state index is -0.742. The van der Waals surface area contributed by atoms with Crippen LogP contribution >= 0.6 is 35.6 Å². The lowest BCUT2D eigenvalue weighted by molar-refractivity contribution is -0.148. The average Bonchev–Trinajstić information content (AvgIpc) is 2.98.